The highest BCUT2D eigenvalue weighted by Gasteiger charge is 2.06. The van der Waals surface area contributed by atoms with Gasteiger partial charge in [-0.15, -0.1) is 0 Å². The van der Waals surface area contributed by atoms with Gasteiger partial charge in [-0.05, 0) is 31.0 Å². The molecule has 0 aromatic heterocycles. The number of anilines is 2. The molecule has 0 heterocycles. The first-order valence-electron chi connectivity index (χ1n) is 7.22. The summed E-state index contributed by atoms with van der Waals surface area (Å²) in [4.78, 5) is 11.8. The van der Waals surface area contributed by atoms with E-state index < -0.39 is 10.8 Å². The van der Waals surface area contributed by atoms with E-state index in [4.69, 9.17) is 17.3 Å². The smallest absolute Gasteiger partial charge is 0.224 e. The molecular formula is C15H23ClN2O2S. The molecule has 1 atom stereocenters. The van der Waals surface area contributed by atoms with E-state index in [1.54, 1.807) is 18.2 Å². The maximum absolute atomic E-state index is 11.8. The number of amides is 1. The van der Waals surface area contributed by atoms with Crippen molar-refractivity contribution in [2.24, 2.45) is 0 Å². The third kappa shape index (κ3) is 7.48. The highest BCUT2D eigenvalue weighted by Crippen LogP contribution is 2.22. The van der Waals surface area contributed by atoms with E-state index in [0.717, 1.165) is 25.0 Å². The molecule has 0 fully saturated rings. The second-order valence-corrected chi connectivity index (χ2v) is 7.05. The van der Waals surface area contributed by atoms with Gasteiger partial charge in [-0.3, -0.25) is 9.00 Å². The predicted molar refractivity (Wildman–Crippen MR) is 91.1 cm³/mol. The Bertz CT molecular complexity index is 495. The average molecular weight is 331 g/mol. The molecule has 0 bridgehead atoms. The number of nitrogen functional groups attached to an aromatic ring is 1. The Morgan fingerprint density at radius 2 is 2.00 bits per heavy atom. The standard InChI is InChI=1S/C15H23ClN2O2S/c1-2-3-4-9-21(20)10-5-6-15(19)18-12-7-8-13(16)14(17)11-12/h7-8,11H,2-6,9-10,17H2,1H3,(H,18,19). The summed E-state index contributed by atoms with van der Waals surface area (Å²) in [7, 11) is -0.809. The van der Waals surface area contributed by atoms with Crippen LogP contribution in [0.4, 0.5) is 11.4 Å². The normalized spacial score (nSPS) is 12.1. The van der Waals surface area contributed by atoms with Crippen LogP contribution in [0.25, 0.3) is 0 Å². The van der Waals surface area contributed by atoms with Crippen molar-refractivity contribution in [2.75, 3.05) is 22.6 Å². The Morgan fingerprint density at radius 1 is 1.29 bits per heavy atom. The van der Waals surface area contributed by atoms with Crippen molar-refractivity contribution in [1.82, 2.24) is 0 Å². The van der Waals surface area contributed by atoms with Crippen LogP contribution in [-0.2, 0) is 15.6 Å². The molecule has 0 aliphatic heterocycles. The number of carbonyl (C=O) groups excluding carboxylic acids is 1. The Hall–Kier alpha value is -1.07. The predicted octanol–water partition coefficient (Wildman–Crippen LogP) is 3.58. The summed E-state index contributed by atoms with van der Waals surface area (Å²) < 4.78 is 11.7. The lowest BCUT2D eigenvalue weighted by Crippen LogP contribution is -2.13. The highest BCUT2D eigenvalue weighted by atomic mass is 35.5. The van der Waals surface area contributed by atoms with Crippen LogP contribution < -0.4 is 11.1 Å². The minimum Gasteiger partial charge on any atom is -0.397 e. The van der Waals surface area contributed by atoms with Crippen LogP contribution in [0.1, 0.15) is 39.0 Å². The summed E-state index contributed by atoms with van der Waals surface area (Å²) in [5.41, 5.74) is 6.74. The SMILES string of the molecule is CCCCCS(=O)CCCC(=O)Nc1ccc(Cl)c(N)c1. The molecule has 0 saturated heterocycles. The number of hydrogen-bond acceptors (Lipinski definition) is 3. The first-order valence-corrected chi connectivity index (χ1v) is 9.09. The van der Waals surface area contributed by atoms with E-state index >= 15 is 0 Å². The lowest BCUT2D eigenvalue weighted by molar-refractivity contribution is -0.116. The number of unbranched alkanes of at least 4 members (excludes halogenated alkanes) is 2. The summed E-state index contributed by atoms with van der Waals surface area (Å²) in [6.45, 7) is 2.12. The molecule has 1 aromatic rings. The first-order chi connectivity index (χ1) is 10.0. The lowest BCUT2D eigenvalue weighted by Gasteiger charge is -2.07. The summed E-state index contributed by atoms with van der Waals surface area (Å²) in [6.07, 6.45) is 4.24. The van der Waals surface area contributed by atoms with Crippen molar-refractivity contribution >= 4 is 39.7 Å². The van der Waals surface area contributed by atoms with Gasteiger partial charge in [-0.1, -0.05) is 31.4 Å². The topological polar surface area (TPSA) is 72.2 Å². The van der Waals surface area contributed by atoms with Crippen LogP contribution >= 0.6 is 11.6 Å². The van der Waals surface area contributed by atoms with Crippen LogP contribution in [-0.4, -0.2) is 21.6 Å². The monoisotopic (exact) mass is 330 g/mol. The van der Waals surface area contributed by atoms with Crippen molar-refractivity contribution < 1.29 is 9.00 Å². The zero-order chi connectivity index (χ0) is 15.7. The number of benzene rings is 1. The molecule has 1 amide bonds. The van der Waals surface area contributed by atoms with Gasteiger partial charge >= 0.3 is 0 Å². The van der Waals surface area contributed by atoms with Crippen molar-refractivity contribution in [2.45, 2.75) is 39.0 Å². The molecular weight excluding hydrogens is 308 g/mol. The molecule has 118 valence electrons. The Kier molecular flexibility index (Phi) is 8.38. The summed E-state index contributed by atoms with van der Waals surface area (Å²) in [6, 6.07) is 4.98. The van der Waals surface area contributed by atoms with Gasteiger partial charge in [-0.2, -0.15) is 0 Å². The van der Waals surface area contributed by atoms with Gasteiger partial charge in [0.05, 0.1) is 10.7 Å². The van der Waals surface area contributed by atoms with Gasteiger partial charge in [-0.25, -0.2) is 0 Å². The quantitative estimate of drug-likeness (QED) is 0.537. The molecule has 0 radical (unpaired) electrons. The molecule has 1 aromatic carbocycles. The van der Waals surface area contributed by atoms with E-state index in [9.17, 15) is 9.00 Å². The maximum atomic E-state index is 11.8. The van der Waals surface area contributed by atoms with Gasteiger partial charge in [0.15, 0.2) is 0 Å². The van der Waals surface area contributed by atoms with E-state index in [-0.39, 0.29) is 5.91 Å². The third-order valence-electron chi connectivity index (χ3n) is 3.03. The van der Waals surface area contributed by atoms with Crippen molar-refractivity contribution in [3.8, 4) is 0 Å². The molecule has 0 aliphatic carbocycles. The maximum Gasteiger partial charge on any atom is 0.224 e. The largest absolute Gasteiger partial charge is 0.397 e. The number of hydrogen-bond donors (Lipinski definition) is 2. The van der Waals surface area contributed by atoms with Gasteiger partial charge in [0.25, 0.3) is 0 Å². The molecule has 1 unspecified atom stereocenters. The second-order valence-electron chi connectivity index (χ2n) is 4.94. The van der Waals surface area contributed by atoms with E-state index in [1.807, 2.05) is 0 Å². The summed E-state index contributed by atoms with van der Waals surface area (Å²) in [5.74, 6) is 1.23. The Labute approximate surface area is 133 Å². The van der Waals surface area contributed by atoms with Gasteiger partial charge in [0.1, 0.15) is 0 Å². The van der Waals surface area contributed by atoms with Crippen molar-refractivity contribution in [1.29, 1.82) is 0 Å². The highest BCUT2D eigenvalue weighted by molar-refractivity contribution is 7.84. The van der Waals surface area contributed by atoms with Gasteiger partial charge in [0.2, 0.25) is 5.91 Å². The second kappa shape index (κ2) is 9.79. The number of nitrogens with two attached hydrogens (primary N) is 1. The van der Waals surface area contributed by atoms with Crippen LogP contribution in [0, 0.1) is 0 Å². The number of carbonyl (C=O) groups is 1. The molecule has 21 heavy (non-hydrogen) atoms. The van der Waals surface area contributed by atoms with Crippen LogP contribution in [0.3, 0.4) is 0 Å². The number of nitrogens with one attached hydrogen (secondary N) is 1. The van der Waals surface area contributed by atoms with E-state index in [1.165, 1.54) is 0 Å². The zero-order valence-corrected chi connectivity index (χ0v) is 13.9. The number of halogens is 1. The molecule has 0 spiro atoms. The Morgan fingerprint density at radius 3 is 2.67 bits per heavy atom. The average Bonchev–Trinajstić information content (AvgIpc) is 2.43. The minimum absolute atomic E-state index is 0.0951. The molecule has 0 aliphatic rings. The first kappa shape index (κ1) is 18.0. The van der Waals surface area contributed by atoms with Gasteiger partial charge in [0, 0.05) is 34.4 Å². The van der Waals surface area contributed by atoms with Crippen molar-refractivity contribution in [3.63, 3.8) is 0 Å². The molecule has 3 N–H and O–H groups in total. The summed E-state index contributed by atoms with van der Waals surface area (Å²) in [5, 5.41) is 3.23. The fourth-order valence-electron chi connectivity index (χ4n) is 1.85. The molecule has 0 saturated carbocycles. The van der Waals surface area contributed by atoms with E-state index in [0.29, 0.717) is 35.0 Å². The molecule has 4 nitrogen and oxygen atoms in total. The van der Waals surface area contributed by atoms with Crippen LogP contribution in [0.15, 0.2) is 18.2 Å². The van der Waals surface area contributed by atoms with Crippen molar-refractivity contribution in [3.05, 3.63) is 23.2 Å². The zero-order valence-electron chi connectivity index (χ0n) is 12.4. The van der Waals surface area contributed by atoms with Crippen LogP contribution in [0.5, 0.6) is 0 Å². The van der Waals surface area contributed by atoms with Crippen LogP contribution in [0.2, 0.25) is 5.02 Å². The summed E-state index contributed by atoms with van der Waals surface area (Å²) >= 11 is 5.82. The third-order valence-corrected chi connectivity index (χ3v) is 4.86. The minimum atomic E-state index is -0.809. The fraction of sp³-hybridized carbons (Fsp3) is 0.533. The Balaban J connectivity index is 2.24. The molecule has 1 rings (SSSR count). The lowest BCUT2D eigenvalue weighted by atomic mass is 10.2. The number of rotatable bonds is 9. The fourth-order valence-corrected chi connectivity index (χ4v) is 3.17. The molecule has 6 heteroatoms. The van der Waals surface area contributed by atoms with Gasteiger partial charge < -0.3 is 11.1 Å². The van der Waals surface area contributed by atoms with E-state index in [2.05, 4.69) is 12.2 Å².